The highest BCUT2D eigenvalue weighted by molar-refractivity contribution is 6.93. The summed E-state index contributed by atoms with van der Waals surface area (Å²) in [6.07, 6.45) is 0. The van der Waals surface area contributed by atoms with E-state index in [1.807, 2.05) is 0 Å². The van der Waals surface area contributed by atoms with Crippen molar-refractivity contribution in [2.45, 2.75) is 39.3 Å². The van der Waals surface area contributed by atoms with Crippen molar-refractivity contribution in [2.75, 3.05) is 0 Å². The molecule has 0 fully saturated rings. The summed E-state index contributed by atoms with van der Waals surface area (Å²) >= 11 is 0. The summed E-state index contributed by atoms with van der Waals surface area (Å²) < 4.78 is 0. The zero-order chi connectivity index (χ0) is 13.6. The Morgan fingerprint density at radius 3 is 1.33 bits per heavy atom. The maximum absolute atomic E-state index is 2.53. The third-order valence-electron chi connectivity index (χ3n) is 3.52. The van der Waals surface area contributed by atoms with Gasteiger partial charge in [-0.15, -0.1) is 0 Å². The Balaban J connectivity index is 2.78. The van der Waals surface area contributed by atoms with E-state index in [-0.39, 0.29) is 0 Å². The predicted molar refractivity (Wildman–Crippen MR) is 89.0 cm³/mol. The molecule has 96 valence electrons. The van der Waals surface area contributed by atoms with Crippen LogP contribution in [0.1, 0.15) is 0 Å². The first-order valence-corrected chi connectivity index (χ1v) is 13.7. The van der Waals surface area contributed by atoms with Crippen LogP contribution in [0.25, 0.3) is 11.1 Å². The first-order chi connectivity index (χ1) is 8.21. The SMILES string of the molecule is C[Si](C)(C)c1cc([Si](C)(C)C)c2cccccc1-2. The van der Waals surface area contributed by atoms with Gasteiger partial charge in [0.1, 0.15) is 0 Å². The quantitative estimate of drug-likeness (QED) is 0.728. The van der Waals surface area contributed by atoms with Gasteiger partial charge in [0.25, 0.3) is 0 Å². The molecule has 0 heterocycles. The van der Waals surface area contributed by atoms with Crippen molar-refractivity contribution in [3.05, 3.63) is 36.4 Å². The number of fused-ring (bicyclic) bond motifs is 1. The maximum atomic E-state index is 2.53. The van der Waals surface area contributed by atoms with E-state index < -0.39 is 16.1 Å². The van der Waals surface area contributed by atoms with Crippen molar-refractivity contribution in [1.29, 1.82) is 0 Å². The Morgan fingerprint density at radius 2 is 1.00 bits per heavy atom. The lowest BCUT2D eigenvalue weighted by molar-refractivity contribution is 1.75. The molecule has 0 nitrogen and oxygen atoms in total. The molecule has 2 aliphatic carbocycles. The molecule has 0 saturated carbocycles. The van der Waals surface area contributed by atoms with E-state index in [9.17, 15) is 0 Å². The van der Waals surface area contributed by atoms with Crippen LogP contribution in [-0.4, -0.2) is 16.1 Å². The largest absolute Gasteiger partial charge is 0.0784 e. The Bertz CT molecular complexity index is 484. The van der Waals surface area contributed by atoms with Crippen LogP contribution < -0.4 is 10.4 Å². The van der Waals surface area contributed by atoms with Crippen molar-refractivity contribution in [2.24, 2.45) is 0 Å². The minimum Gasteiger partial charge on any atom is -0.0656 e. The summed E-state index contributed by atoms with van der Waals surface area (Å²) in [6.45, 7) is 14.7. The number of hydrogen-bond donors (Lipinski definition) is 0. The third kappa shape index (κ3) is 2.45. The summed E-state index contributed by atoms with van der Waals surface area (Å²) in [5, 5.41) is 3.26. The second kappa shape index (κ2) is 4.35. The van der Waals surface area contributed by atoms with Gasteiger partial charge in [0.05, 0.1) is 16.1 Å². The van der Waals surface area contributed by atoms with E-state index in [1.54, 1.807) is 10.4 Å². The monoisotopic (exact) mass is 272 g/mol. The van der Waals surface area contributed by atoms with E-state index in [1.165, 1.54) is 11.1 Å². The van der Waals surface area contributed by atoms with E-state index in [4.69, 9.17) is 0 Å². The standard InChI is InChI=1S/C16H24Si2/c1-17(2,3)15-12-16(18(4,5)6)14-11-9-7-8-10-13(14)15/h7-12H,1-6H3. The highest BCUT2D eigenvalue weighted by Crippen LogP contribution is 2.24. The van der Waals surface area contributed by atoms with Crippen molar-refractivity contribution < 1.29 is 0 Å². The molecule has 0 aliphatic heterocycles. The van der Waals surface area contributed by atoms with Gasteiger partial charge in [-0.25, -0.2) is 0 Å². The molecule has 18 heavy (non-hydrogen) atoms. The second-order valence-corrected chi connectivity index (χ2v) is 17.3. The van der Waals surface area contributed by atoms with Crippen molar-refractivity contribution in [1.82, 2.24) is 0 Å². The van der Waals surface area contributed by atoms with E-state index in [2.05, 4.69) is 75.7 Å². The Hall–Kier alpha value is -0.866. The van der Waals surface area contributed by atoms with Crippen molar-refractivity contribution in [3.63, 3.8) is 0 Å². The van der Waals surface area contributed by atoms with Crippen molar-refractivity contribution in [3.8, 4) is 11.1 Å². The lowest BCUT2D eigenvalue weighted by Crippen LogP contribution is -2.40. The van der Waals surface area contributed by atoms with Gasteiger partial charge in [0.2, 0.25) is 0 Å². The van der Waals surface area contributed by atoms with Crippen LogP contribution in [0.4, 0.5) is 0 Å². The molecule has 0 spiro atoms. The van der Waals surface area contributed by atoms with Gasteiger partial charge >= 0.3 is 0 Å². The van der Waals surface area contributed by atoms with Gasteiger partial charge in [-0.05, 0) is 11.1 Å². The zero-order valence-electron chi connectivity index (χ0n) is 12.5. The molecular weight excluding hydrogens is 248 g/mol. The molecule has 0 bridgehead atoms. The van der Waals surface area contributed by atoms with Crippen LogP contribution in [0.2, 0.25) is 39.3 Å². The molecular formula is C16H24Si2. The lowest BCUT2D eigenvalue weighted by Gasteiger charge is -2.16. The molecule has 0 amide bonds. The summed E-state index contributed by atoms with van der Waals surface area (Å²) in [5.41, 5.74) is 2.99. The van der Waals surface area contributed by atoms with Crippen LogP contribution in [0.15, 0.2) is 36.4 Å². The Labute approximate surface area is 113 Å². The fourth-order valence-corrected chi connectivity index (χ4v) is 5.91. The summed E-state index contributed by atoms with van der Waals surface area (Å²) in [5.74, 6) is 0. The van der Waals surface area contributed by atoms with Crippen LogP contribution >= 0.6 is 0 Å². The number of hydrogen-bond acceptors (Lipinski definition) is 0. The lowest BCUT2D eigenvalue weighted by atomic mass is 10.2. The summed E-state index contributed by atoms with van der Waals surface area (Å²) in [7, 11) is -2.54. The van der Waals surface area contributed by atoms with E-state index in [0.29, 0.717) is 0 Å². The first-order valence-electron chi connectivity index (χ1n) is 6.74. The highest BCUT2D eigenvalue weighted by atomic mass is 28.3. The molecule has 2 heteroatoms. The molecule has 0 atom stereocenters. The Kier molecular flexibility index (Phi) is 3.28. The minimum atomic E-state index is -1.27. The molecule has 0 radical (unpaired) electrons. The summed E-state index contributed by atoms with van der Waals surface area (Å²) in [4.78, 5) is 0. The molecule has 0 saturated heterocycles. The molecule has 2 aliphatic rings. The van der Waals surface area contributed by atoms with Gasteiger partial charge in [-0.1, -0.05) is 86.1 Å². The van der Waals surface area contributed by atoms with Crippen LogP contribution in [0.5, 0.6) is 0 Å². The smallest absolute Gasteiger partial charge is 0.0656 e. The average Bonchev–Trinajstić information content (AvgIpc) is 2.42. The average molecular weight is 273 g/mol. The molecule has 0 unspecified atom stereocenters. The van der Waals surface area contributed by atoms with Gasteiger partial charge in [-0.3, -0.25) is 0 Å². The predicted octanol–water partition coefficient (Wildman–Crippen LogP) is 3.88. The maximum Gasteiger partial charge on any atom is 0.0784 e. The molecule has 0 aromatic rings. The summed E-state index contributed by atoms with van der Waals surface area (Å²) in [6, 6.07) is 13.7. The third-order valence-corrected chi connectivity index (χ3v) is 7.58. The second-order valence-electron chi connectivity index (χ2n) is 7.21. The molecule has 0 aromatic heterocycles. The van der Waals surface area contributed by atoms with E-state index >= 15 is 0 Å². The fourth-order valence-electron chi connectivity index (χ4n) is 2.56. The topological polar surface area (TPSA) is 0 Å². The highest BCUT2D eigenvalue weighted by Gasteiger charge is 2.29. The Morgan fingerprint density at radius 1 is 0.611 bits per heavy atom. The van der Waals surface area contributed by atoms with Crippen LogP contribution in [0.3, 0.4) is 0 Å². The zero-order valence-corrected chi connectivity index (χ0v) is 14.5. The molecule has 2 rings (SSSR count). The molecule has 0 aromatic carbocycles. The molecule has 0 N–H and O–H groups in total. The first kappa shape index (κ1) is 13.6. The van der Waals surface area contributed by atoms with Crippen molar-refractivity contribution >= 4 is 26.5 Å². The minimum absolute atomic E-state index is 1.27. The van der Waals surface area contributed by atoms with E-state index in [0.717, 1.165) is 0 Å². The van der Waals surface area contributed by atoms with Gasteiger partial charge in [0, 0.05) is 0 Å². The fraction of sp³-hybridized carbons (Fsp3) is 0.375. The van der Waals surface area contributed by atoms with Gasteiger partial charge < -0.3 is 0 Å². The van der Waals surface area contributed by atoms with Gasteiger partial charge in [0.15, 0.2) is 0 Å². The normalized spacial score (nSPS) is 13.0. The van der Waals surface area contributed by atoms with Gasteiger partial charge in [-0.2, -0.15) is 0 Å². The number of rotatable bonds is 2. The van der Waals surface area contributed by atoms with Crippen LogP contribution in [-0.2, 0) is 0 Å². The van der Waals surface area contributed by atoms with Crippen LogP contribution in [0, 0.1) is 0 Å².